The maximum absolute atomic E-state index is 11.2. The standard InChI is InChI=1S/C22H20N2O3/c1-15-6-4-9-19-20(15)21(23-26)22(25)24(19)12-5-13-27-18-11-10-16-7-2-3-8-17(16)14-18/h2-4,6-11,14,25H,5,12-13H2,1H3. The van der Waals surface area contributed by atoms with Crippen LogP contribution >= 0.6 is 0 Å². The van der Waals surface area contributed by atoms with Gasteiger partial charge < -0.3 is 14.4 Å². The molecular formula is C22H20N2O3. The number of hydrogen-bond acceptors (Lipinski definition) is 4. The molecule has 0 amide bonds. The van der Waals surface area contributed by atoms with Gasteiger partial charge in [-0.25, -0.2) is 0 Å². The highest BCUT2D eigenvalue weighted by molar-refractivity contribution is 5.97. The van der Waals surface area contributed by atoms with Gasteiger partial charge in [-0.3, -0.25) is 0 Å². The molecule has 0 fully saturated rings. The molecule has 4 aromatic rings. The first-order chi connectivity index (χ1) is 13.2. The summed E-state index contributed by atoms with van der Waals surface area (Å²) in [5.41, 5.74) is 1.84. The van der Waals surface area contributed by atoms with E-state index in [-0.39, 0.29) is 11.6 Å². The molecule has 0 bridgehead atoms. The van der Waals surface area contributed by atoms with Gasteiger partial charge in [0, 0.05) is 11.9 Å². The van der Waals surface area contributed by atoms with Crippen LogP contribution in [0.1, 0.15) is 12.0 Å². The third-order valence-corrected chi connectivity index (χ3v) is 4.85. The molecule has 0 aliphatic rings. The number of hydrogen-bond donors (Lipinski definition) is 1. The summed E-state index contributed by atoms with van der Waals surface area (Å²) in [7, 11) is 0. The molecule has 0 unspecified atom stereocenters. The quantitative estimate of drug-likeness (QED) is 0.356. The molecule has 0 aliphatic carbocycles. The van der Waals surface area contributed by atoms with Crippen molar-refractivity contribution < 1.29 is 9.84 Å². The monoisotopic (exact) mass is 360 g/mol. The number of rotatable bonds is 6. The lowest BCUT2D eigenvalue weighted by Crippen LogP contribution is -2.04. The van der Waals surface area contributed by atoms with Crippen LogP contribution in [0.15, 0.2) is 65.8 Å². The van der Waals surface area contributed by atoms with Gasteiger partial charge in [0.2, 0.25) is 5.88 Å². The Bertz CT molecular complexity index is 1130. The van der Waals surface area contributed by atoms with Gasteiger partial charge in [-0.05, 0) is 53.1 Å². The molecule has 1 N–H and O–H groups in total. The Morgan fingerprint density at radius 3 is 2.67 bits per heavy atom. The predicted molar refractivity (Wildman–Crippen MR) is 108 cm³/mol. The first kappa shape index (κ1) is 17.1. The molecule has 0 radical (unpaired) electrons. The smallest absolute Gasteiger partial charge is 0.222 e. The summed E-state index contributed by atoms with van der Waals surface area (Å²) in [6.45, 7) is 2.95. The molecular weight excluding hydrogens is 340 g/mol. The fourth-order valence-electron chi connectivity index (χ4n) is 3.52. The van der Waals surface area contributed by atoms with Crippen molar-refractivity contribution in [3.63, 3.8) is 0 Å². The van der Waals surface area contributed by atoms with Crippen LogP contribution in [0.3, 0.4) is 0 Å². The van der Waals surface area contributed by atoms with E-state index in [1.807, 2.05) is 55.5 Å². The van der Waals surface area contributed by atoms with Crippen molar-refractivity contribution in [1.82, 2.24) is 4.57 Å². The Morgan fingerprint density at radius 1 is 1.04 bits per heavy atom. The van der Waals surface area contributed by atoms with Crippen molar-refractivity contribution in [3.05, 3.63) is 71.1 Å². The summed E-state index contributed by atoms with van der Waals surface area (Å²) in [5.74, 6) is 0.737. The maximum Gasteiger partial charge on any atom is 0.222 e. The Labute approximate surface area is 156 Å². The van der Waals surface area contributed by atoms with Crippen LogP contribution in [-0.4, -0.2) is 16.3 Å². The van der Waals surface area contributed by atoms with Crippen molar-refractivity contribution >= 4 is 27.4 Å². The molecule has 3 aromatic carbocycles. The van der Waals surface area contributed by atoms with E-state index in [2.05, 4.69) is 17.3 Å². The second-order valence-corrected chi connectivity index (χ2v) is 6.60. The Balaban J connectivity index is 1.48. The van der Waals surface area contributed by atoms with E-state index in [1.54, 1.807) is 4.57 Å². The first-order valence-electron chi connectivity index (χ1n) is 8.95. The number of fused-ring (bicyclic) bond motifs is 2. The van der Waals surface area contributed by atoms with E-state index in [4.69, 9.17) is 4.74 Å². The fraction of sp³-hybridized carbons (Fsp3) is 0.182. The molecule has 5 heteroatoms. The SMILES string of the molecule is Cc1cccc2c1c(N=O)c(O)n2CCCOc1ccc2ccccc2c1. The van der Waals surface area contributed by atoms with Gasteiger partial charge in [-0.15, -0.1) is 4.91 Å². The number of nitrogens with zero attached hydrogens (tertiary/aromatic N) is 2. The lowest BCUT2D eigenvalue weighted by atomic mass is 10.1. The van der Waals surface area contributed by atoms with Crippen molar-refractivity contribution in [2.45, 2.75) is 19.9 Å². The van der Waals surface area contributed by atoms with E-state index in [0.29, 0.717) is 25.0 Å². The van der Waals surface area contributed by atoms with Crippen molar-refractivity contribution in [3.8, 4) is 11.6 Å². The lowest BCUT2D eigenvalue weighted by Gasteiger charge is -2.09. The molecule has 5 nitrogen and oxygen atoms in total. The van der Waals surface area contributed by atoms with Crippen LogP contribution in [-0.2, 0) is 6.54 Å². The zero-order chi connectivity index (χ0) is 18.8. The molecule has 1 aromatic heterocycles. The predicted octanol–water partition coefficient (Wildman–Crippen LogP) is 5.68. The zero-order valence-corrected chi connectivity index (χ0v) is 15.1. The van der Waals surface area contributed by atoms with Crippen LogP contribution < -0.4 is 4.74 Å². The van der Waals surface area contributed by atoms with Crippen molar-refractivity contribution in [1.29, 1.82) is 0 Å². The first-order valence-corrected chi connectivity index (χ1v) is 8.95. The minimum atomic E-state index is -0.0833. The van der Waals surface area contributed by atoms with Gasteiger partial charge in [0.1, 0.15) is 5.75 Å². The van der Waals surface area contributed by atoms with Gasteiger partial charge in [-0.2, -0.15) is 0 Å². The Morgan fingerprint density at radius 2 is 1.85 bits per heavy atom. The molecule has 0 aliphatic heterocycles. The number of aromatic hydroxyl groups is 1. The van der Waals surface area contributed by atoms with Crippen LogP contribution in [0, 0.1) is 11.8 Å². The molecule has 0 spiro atoms. The minimum Gasteiger partial charge on any atom is -0.494 e. The highest BCUT2D eigenvalue weighted by Crippen LogP contribution is 2.40. The normalized spacial score (nSPS) is 11.1. The van der Waals surface area contributed by atoms with E-state index in [0.717, 1.165) is 22.2 Å². The van der Waals surface area contributed by atoms with Crippen molar-refractivity contribution in [2.75, 3.05) is 6.61 Å². The van der Waals surface area contributed by atoms with Crippen LogP contribution in [0.4, 0.5) is 5.69 Å². The second-order valence-electron chi connectivity index (χ2n) is 6.60. The number of aromatic nitrogens is 1. The van der Waals surface area contributed by atoms with E-state index >= 15 is 0 Å². The molecule has 27 heavy (non-hydrogen) atoms. The summed E-state index contributed by atoms with van der Waals surface area (Å²) in [6, 6.07) is 19.9. The number of aryl methyl sites for hydroxylation is 2. The van der Waals surface area contributed by atoms with Crippen molar-refractivity contribution in [2.24, 2.45) is 5.18 Å². The van der Waals surface area contributed by atoms with E-state index < -0.39 is 0 Å². The number of benzene rings is 3. The number of nitroso groups, excluding NO2 is 1. The topological polar surface area (TPSA) is 63.8 Å². The van der Waals surface area contributed by atoms with E-state index in [1.165, 1.54) is 5.39 Å². The van der Waals surface area contributed by atoms with Crippen LogP contribution in [0.2, 0.25) is 0 Å². The summed E-state index contributed by atoms with van der Waals surface area (Å²) < 4.78 is 7.59. The summed E-state index contributed by atoms with van der Waals surface area (Å²) in [6.07, 6.45) is 0.691. The average molecular weight is 360 g/mol. The third kappa shape index (κ3) is 3.12. The zero-order valence-electron chi connectivity index (χ0n) is 15.1. The molecule has 0 saturated carbocycles. The Kier molecular flexibility index (Phi) is 4.50. The summed E-state index contributed by atoms with van der Waals surface area (Å²) >= 11 is 0. The van der Waals surface area contributed by atoms with Crippen LogP contribution in [0.25, 0.3) is 21.7 Å². The maximum atomic E-state index is 11.2. The van der Waals surface area contributed by atoms with Gasteiger partial charge >= 0.3 is 0 Å². The van der Waals surface area contributed by atoms with Gasteiger partial charge in [0.05, 0.1) is 12.1 Å². The third-order valence-electron chi connectivity index (χ3n) is 4.85. The second kappa shape index (κ2) is 7.11. The summed E-state index contributed by atoms with van der Waals surface area (Å²) in [4.78, 5) is 11.2. The molecule has 0 atom stereocenters. The number of ether oxygens (including phenoxy) is 1. The molecule has 4 rings (SSSR count). The van der Waals surface area contributed by atoms with Gasteiger partial charge in [0.15, 0.2) is 5.69 Å². The van der Waals surface area contributed by atoms with Gasteiger partial charge in [0.25, 0.3) is 0 Å². The summed E-state index contributed by atoms with van der Waals surface area (Å²) in [5, 5.41) is 16.5. The Hall–Kier alpha value is -3.34. The average Bonchev–Trinajstić information content (AvgIpc) is 2.97. The highest BCUT2D eigenvalue weighted by atomic mass is 16.5. The van der Waals surface area contributed by atoms with Gasteiger partial charge in [-0.1, -0.05) is 42.5 Å². The lowest BCUT2D eigenvalue weighted by molar-refractivity contribution is 0.298. The molecule has 136 valence electrons. The molecule has 1 heterocycles. The van der Waals surface area contributed by atoms with Crippen LogP contribution in [0.5, 0.6) is 11.6 Å². The van der Waals surface area contributed by atoms with E-state index in [9.17, 15) is 10.0 Å². The minimum absolute atomic E-state index is 0.0833. The fourth-order valence-corrected chi connectivity index (χ4v) is 3.52. The highest BCUT2D eigenvalue weighted by Gasteiger charge is 2.18. The molecule has 0 saturated heterocycles. The largest absolute Gasteiger partial charge is 0.494 e.